The third kappa shape index (κ3) is 3.41. The molecule has 0 radical (unpaired) electrons. The van der Waals surface area contributed by atoms with Crippen LogP contribution in [0.3, 0.4) is 0 Å². The molecule has 1 aromatic carbocycles. The molecule has 1 aliphatic carbocycles. The van der Waals surface area contributed by atoms with Crippen molar-refractivity contribution in [3.05, 3.63) is 62.4 Å². The molecule has 4 aromatic rings. The minimum absolute atomic E-state index is 0.0544. The van der Waals surface area contributed by atoms with Crippen LogP contribution in [0.4, 0.5) is 11.8 Å². The highest BCUT2D eigenvalue weighted by Gasteiger charge is 2.37. The second-order valence-electron chi connectivity index (χ2n) is 7.35. The van der Waals surface area contributed by atoms with Crippen molar-refractivity contribution in [2.75, 3.05) is 11.1 Å². The van der Waals surface area contributed by atoms with Gasteiger partial charge < -0.3 is 11.1 Å². The zero-order valence-corrected chi connectivity index (χ0v) is 17.9. The molecule has 1 saturated carbocycles. The van der Waals surface area contributed by atoms with Crippen molar-refractivity contribution in [2.24, 2.45) is 5.92 Å². The van der Waals surface area contributed by atoms with Gasteiger partial charge in [-0.3, -0.25) is 9.89 Å². The number of anilines is 2. The van der Waals surface area contributed by atoms with Gasteiger partial charge in [-0.25, -0.2) is 9.55 Å². The molecule has 160 valence electrons. The zero-order valence-electron chi connectivity index (χ0n) is 16.4. The Bertz CT molecular complexity index is 1440. The molecule has 0 bridgehead atoms. The van der Waals surface area contributed by atoms with Gasteiger partial charge in [0.05, 0.1) is 28.2 Å². The number of rotatable bonds is 5. The van der Waals surface area contributed by atoms with E-state index in [-0.39, 0.29) is 34.0 Å². The van der Waals surface area contributed by atoms with E-state index in [2.05, 4.69) is 25.5 Å². The highest BCUT2D eigenvalue weighted by Crippen LogP contribution is 2.43. The van der Waals surface area contributed by atoms with E-state index in [1.54, 1.807) is 30.5 Å². The van der Waals surface area contributed by atoms with Crippen molar-refractivity contribution in [3.8, 4) is 11.9 Å². The molecule has 0 spiro atoms. The van der Waals surface area contributed by atoms with Gasteiger partial charge in [-0.2, -0.15) is 20.3 Å². The number of nitriles is 1. The molecule has 32 heavy (non-hydrogen) atoms. The van der Waals surface area contributed by atoms with E-state index in [1.165, 1.54) is 4.57 Å². The lowest BCUT2D eigenvalue weighted by Crippen LogP contribution is -2.30. The fraction of sp³-hybridized carbons (Fsp3) is 0.200. The Morgan fingerprint density at radius 3 is 2.75 bits per heavy atom. The summed E-state index contributed by atoms with van der Waals surface area (Å²) >= 11 is 12.4. The first-order chi connectivity index (χ1) is 15.5. The van der Waals surface area contributed by atoms with Crippen LogP contribution in [0.25, 0.3) is 16.7 Å². The number of halogens is 2. The number of fused-ring (bicyclic) bond motifs is 1. The van der Waals surface area contributed by atoms with Crippen molar-refractivity contribution >= 4 is 45.9 Å². The Morgan fingerprint density at radius 2 is 2.06 bits per heavy atom. The predicted molar refractivity (Wildman–Crippen MR) is 120 cm³/mol. The summed E-state index contributed by atoms with van der Waals surface area (Å²) in [5.41, 5.74) is 5.94. The summed E-state index contributed by atoms with van der Waals surface area (Å²) in [5, 5.41) is 20.1. The molecule has 10 nitrogen and oxygen atoms in total. The molecule has 0 saturated heterocycles. The van der Waals surface area contributed by atoms with Crippen LogP contribution in [0.5, 0.6) is 0 Å². The smallest absolute Gasteiger partial charge is 0.268 e. The minimum Gasteiger partial charge on any atom is -0.368 e. The van der Waals surface area contributed by atoms with Crippen LogP contribution >= 0.6 is 23.2 Å². The molecule has 12 heteroatoms. The minimum atomic E-state index is -0.466. The van der Waals surface area contributed by atoms with E-state index in [1.807, 2.05) is 6.07 Å². The fourth-order valence-corrected chi connectivity index (χ4v) is 4.11. The Labute approximate surface area is 191 Å². The first kappa shape index (κ1) is 20.2. The van der Waals surface area contributed by atoms with Gasteiger partial charge in [0.1, 0.15) is 23.3 Å². The number of aromatic nitrogens is 6. The van der Waals surface area contributed by atoms with Crippen molar-refractivity contribution in [2.45, 2.75) is 18.9 Å². The number of hydrogen-bond donors (Lipinski definition) is 3. The highest BCUT2D eigenvalue weighted by molar-refractivity contribution is 6.35. The van der Waals surface area contributed by atoms with Crippen molar-refractivity contribution < 1.29 is 0 Å². The second-order valence-corrected chi connectivity index (χ2v) is 8.12. The molecule has 3 aromatic heterocycles. The maximum Gasteiger partial charge on any atom is 0.268 e. The first-order valence-corrected chi connectivity index (χ1v) is 10.4. The van der Waals surface area contributed by atoms with E-state index in [9.17, 15) is 10.1 Å². The van der Waals surface area contributed by atoms with Crippen LogP contribution in [0.2, 0.25) is 10.2 Å². The lowest BCUT2D eigenvalue weighted by atomic mass is 10.1. The summed E-state index contributed by atoms with van der Waals surface area (Å²) in [4.78, 5) is 26.3. The predicted octanol–water partition coefficient (Wildman–Crippen LogP) is 3.22. The largest absolute Gasteiger partial charge is 0.368 e. The quantitative estimate of drug-likeness (QED) is 0.378. The SMILES string of the molecule is N#Cc1c(Cl)nc(N)nc1N[C@H](c1nc2cccc(Cl)c2c(=O)n1-c1ccn[nH]1)C1CC1. The van der Waals surface area contributed by atoms with Gasteiger partial charge in [-0.05, 0) is 30.9 Å². The second kappa shape index (κ2) is 7.78. The molecular formula is C20H15Cl2N9O. The van der Waals surface area contributed by atoms with Gasteiger partial charge in [0.15, 0.2) is 11.0 Å². The van der Waals surface area contributed by atoms with Crippen LogP contribution in [0, 0.1) is 17.2 Å². The van der Waals surface area contributed by atoms with Crippen molar-refractivity contribution in [1.82, 2.24) is 29.7 Å². The first-order valence-electron chi connectivity index (χ1n) is 9.68. The third-order valence-electron chi connectivity index (χ3n) is 5.26. The number of hydrogen-bond acceptors (Lipinski definition) is 8. The maximum absolute atomic E-state index is 13.5. The van der Waals surface area contributed by atoms with Gasteiger partial charge in [-0.15, -0.1) is 0 Å². The number of nitrogens with zero attached hydrogens (tertiary/aromatic N) is 6. The average molecular weight is 468 g/mol. The maximum atomic E-state index is 13.5. The zero-order chi connectivity index (χ0) is 22.4. The number of nitrogens with two attached hydrogens (primary N) is 1. The van der Waals surface area contributed by atoms with Crippen LogP contribution < -0.4 is 16.6 Å². The van der Waals surface area contributed by atoms with Crippen molar-refractivity contribution in [1.29, 1.82) is 5.26 Å². The van der Waals surface area contributed by atoms with Gasteiger partial charge in [0, 0.05) is 6.07 Å². The third-order valence-corrected chi connectivity index (χ3v) is 5.85. The Morgan fingerprint density at radius 1 is 1.25 bits per heavy atom. The average Bonchev–Trinajstić information content (AvgIpc) is 3.45. The van der Waals surface area contributed by atoms with Crippen LogP contribution in [-0.2, 0) is 0 Å². The van der Waals surface area contributed by atoms with E-state index in [4.69, 9.17) is 33.9 Å². The number of H-pyrrole nitrogens is 1. The Kier molecular flexibility index (Phi) is 4.92. The molecule has 4 N–H and O–H groups in total. The van der Waals surface area contributed by atoms with Gasteiger partial charge in [0.25, 0.3) is 5.56 Å². The lowest BCUT2D eigenvalue weighted by molar-refractivity contribution is 0.605. The molecule has 5 rings (SSSR count). The van der Waals surface area contributed by atoms with Crippen molar-refractivity contribution in [3.63, 3.8) is 0 Å². The molecule has 0 aliphatic heterocycles. The normalized spacial score (nSPS) is 14.3. The highest BCUT2D eigenvalue weighted by atomic mass is 35.5. The molecule has 1 atom stereocenters. The molecule has 3 heterocycles. The number of benzene rings is 1. The van der Waals surface area contributed by atoms with Gasteiger partial charge >= 0.3 is 0 Å². The molecule has 1 aliphatic rings. The summed E-state index contributed by atoms with van der Waals surface area (Å²) in [7, 11) is 0. The Balaban J connectivity index is 1.75. The van der Waals surface area contributed by atoms with Gasteiger partial charge in [-0.1, -0.05) is 29.3 Å². The summed E-state index contributed by atoms with van der Waals surface area (Å²) < 4.78 is 1.44. The summed E-state index contributed by atoms with van der Waals surface area (Å²) in [6.45, 7) is 0. The van der Waals surface area contributed by atoms with Gasteiger partial charge in [0.2, 0.25) is 5.95 Å². The fourth-order valence-electron chi connectivity index (χ4n) is 3.64. The number of aromatic amines is 1. The standard InChI is InChI=1S/C20H15Cl2N9O/c21-11-2-1-3-12-14(11)19(32)31(13-6-7-25-30-13)18(26-12)15(9-4-5-9)27-17-10(8-23)16(22)28-20(24)29-17/h1-3,6-7,9,15H,4-5H2,(H,25,30)(H3,24,27,28,29)/t15-/m0/s1. The molecule has 0 unspecified atom stereocenters. The number of nitrogen functional groups attached to an aromatic ring is 1. The monoisotopic (exact) mass is 467 g/mol. The number of nitrogens with one attached hydrogen (secondary N) is 2. The molecule has 0 amide bonds. The van der Waals surface area contributed by atoms with E-state index < -0.39 is 6.04 Å². The van der Waals surface area contributed by atoms with Crippen LogP contribution in [0.15, 0.2) is 35.3 Å². The van der Waals surface area contributed by atoms with E-state index in [0.29, 0.717) is 27.6 Å². The molecular weight excluding hydrogens is 453 g/mol. The van der Waals surface area contributed by atoms with E-state index >= 15 is 0 Å². The lowest BCUT2D eigenvalue weighted by Gasteiger charge is -2.23. The van der Waals surface area contributed by atoms with Crippen LogP contribution in [0.1, 0.15) is 30.3 Å². The molecule has 1 fully saturated rings. The Hall–Kier alpha value is -3.68. The topological polar surface area (TPSA) is 151 Å². The summed E-state index contributed by atoms with van der Waals surface area (Å²) in [5.74, 6) is 1.11. The van der Waals surface area contributed by atoms with Crippen LogP contribution in [-0.4, -0.2) is 29.7 Å². The van der Waals surface area contributed by atoms with E-state index in [0.717, 1.165) is 12.8 Å². The summed E-state index contributed by atoms with van der Waals surface area (Å²) in [6.07, 6.45) is 3.35. The summed E-state index contributed by atoms with van der Waals surface area (Å²) in [6, 6.07) is 8.31.